The zero-order chi connectivity index (χ0) is 23.3. The summed E-state index contributed by atoms with van der Waals surface area (Å²) in [7, 11) is 1.40. The number of rotatable bonds is 7. The number of hydrogen-bond donors (Lipinski definition) is 0. The quantitative estimate of drug-likeness (QED) is 0.151. The lowest BCUT2D eigenvalue weighted by molar-refractivity contribution is -0.394. The number of methoxy groups -OCH3 is 1. The Morgan fingerprint density at radius 3 is 2.38 bits per heavy atom. The fourth-order valence-electron chi connectivity index (χ4n) is 2.78. The van der Waals surface area contributed by atoms with Gasteiger partial charge in [-0.2, -0.15) is 0 Å². The van der Waals surface area contributed by atoms with Crippen LogP contribution in [0.1, 0.15) is 21.5 Å². The van der Waals surface area contributed by atoms with Gasteiger partial charge < -0.3 is 9.47 Å². The number of benzene rings is 3. The summed E-state index contributed by atoms with van der Waals surface area (Å²) < 4.78 is 10.7. The van der Waals surface area contributed by atoms with Crippen LogP contribution in [0.15, 0.2) is 60.7 Å². The van der Waals surface area contributed by atoms with Gasteiger partial charge in [0, 0.05) is 11.1 Å². The summed E-state index contributed by atoms with van der Waals surface area (Å²) in [4.78, 5) is 33.1. The summed E-state index contributed by atoms with van der Waals surface area (Å²) in [5, 5.41) is 22.5. The summed E-state index contributed by atoms with van der Waals surface area (Å²) in [6, 6.07) is 14.4. The lowest BCUT2D eigenvalue weighted by Gasteiger charge is -2.10. The third-order valence-corrected chi connectivity index (χ3v) is 4.56. The molecular weight excluding hydrogens is 440 g/mol. The van der Waals surface area contributed by atoms with E-state index in [9.17, 15) is 25.0 Å². The maximum Gasteiger partial charge on any atom is 0.343 e. The topological polar surface area (TPSA) is 122 Å². The van der Waals surface area contributed by atoms with Crippen LogP contribution < -0.4 is 9.47 Å². The maximum absolute atomic E-state index is 12.3. The van der Waals surface area contributed by atoms with Crippen molar-refractivity contribution in [3.05, 3.63) is 103 Å². The van der Waals surface area contributed by atoms with Gasteiger partial charge >= 0.3 is 5.97 Å². The zero-order valence-corrected chi connectivity index (χ0v) is 17.3. The molecule has 0 fully saturated rings. The average Bonchev–Trinajstić information content (AvgIpc) is 2.78. The molecule has 0 aliphatic heterocycles. The standard InChI is InChI=1S/C22H15ClN2O7/c1-31-21-11-14(5-7-15-8-9-18(24(27)28)13-19(15)25(29)30)6-10-20(21)32-22(26)16-3-2-4-17(23)12-16/h2-13H,1H3/b7-5+. The maximum atomic E-state index is 12.3. The lowest BCUT2D eigenvalue weighted by Crippen LogP contribution is -2.09. The van der Waals surface area contributed by atoms with Crippen LogP contribution in [0.25, 0.3) is 12.2 Å². The molecule has 0 bridgehead atoms. The van der Waals surface area contributed by atoms with Gasteiger partial charge in [-0.1, -0.05) is 29.8 Å². The smallest absolute Gasteiger partial charge is 0.343 e. The molecule has 0 saturated heterocycles. The molecule has 0 spiro atoms. The number of carbonyl (C=O) groups is 1. The molecule has 32 heavy (non-hydrogen) atoms. The molecule has 0 heterocycles. The van der Waals surface area contributed by atoms with Gasteiger partial charge in [0.05, 0.1) is 34.1 Å². The van der Waals surface area contributed by atoms with E-state index < -0.39 is 21.5 Å². The van der Waals surface area contributed by atoms with E-state index in [1.165, 1.54) is 37.5 Å². The molecule has 0 aliphatic rings. The second kappa shape index (κ2) is 9.71. The molecule has 0 N–H and O–H groups in total. The number of nitro groups is 2. The fraction of sp³-hybridized carbons (Fsp3) is 0.0455. The molecule has 3 aromatic rings. The largest absolute Gasteiger partial charge is 0.493 e. The predicted octanol–water partition coefficient (Wildman–Crippen LogP) is 5.55. The Balaban J connectivity index is 1.85. The molecule has 10 heteroatoms. The van der Waals surface area contributed by atoms with Crippen molar-refractivity contribution < 1.29 is 24.1 Å². The molecule has 3 aromatic carbocycles. The molecule has 0 amide bonds. The van der Waals surface area contributed by atoms with E-state index in [0.29, 0.717) is 10.6 Å². The van der Waals surface area contributed by atoms with E-state index in [1.807, 2.05) is 0 Å². The molecule has 9 nitrogen and oxygen atoms in total. The van der Waals surface area contributed by atoms with Crippen molar-refractivity contribution in [1.82, 2.24) is 0 Å². The second-order valence-corrected chi connectivity index (χ2v) is 6.84. The summed E-state index contributed by atoms with van der Waals surface area (Å²) in [5.41, 5.74) is 0.290. The molecular formula is C22H15ClN2O7. The second-order valence-electron chi connectivity index (χ2n) is 6.40. The summed E-state index contributed by atoms with van der Waals surface area (Å²) >= 11 is 5.90. The first-order valence-electron chi connectivity index (χ1n) is 9.05. The molecule has 0 unspecified atom stereocenters. The number of hydrogen-bond acceptors (Lipinski definition) is 7. The number of halogens is 1. The third-order valence-electron chi connectivity index (χ3n) is 4.33. The fourth-order valence-corrected chi connectivity index (χ4v) is 2.97. The van der Waals surface area contributed by atoms with E-state index >= 15 is 0 Å². The van der Waals surface area contributed by atoms with Crippen molar-refractivity contribution in [2.45, 2.75) is 0 Å². The minimum atomic E-state index is -0.700. The summed E-state index contributed by atoms with van der Waals surface area (Å²) in [6.07, 6.45) is 3.02. The normalized spacial score (nSPS) is 10.7. The Morgan fingerprint density at radius 2 is 1.72 bits per heavy atom. The highest BCUT2D eigenvalue weighted by molar-refractivity contribution is 6.30. The van der Waals surface area contributed by atoms with E-state index in [0.717, 1.165) is 6.07 Å². The first-order valence-corrected chi connectivity index (χ1v) is 9.43. The minimum Gasteiger partial charge on any atom is -0.493 e. The zero-order valence-electron chi connectivity index (χ0n) is 16.6. The molecule has 0 radical (unpaired) electrons. The average molecular weight is 455 g/mol. The molecule has 3 rings (SSSR count). The minimum absolute atomic E-state index is 0.177. The van der Waals surface area contributed by atoms with Crippen LogP contribution in [0.5, 0.6) is 11.5 Å². The van der Waals surface area contributed by atoms with Gasteiger partial charge in [-0.25, -0.2) is 4.79 Å². The van der Waals surface area contributed by atoms with E-state index in [1.54, 1.807) is 36.4 Å². The number of nitro benzene ring substituents is 2. The van der Waals surface area contributed by atoms with Crippen LogP contribution in [-0.4, -0.2) is 22.9 Å². The monoisotopic (exact) mass is 454 g/mol. The third kappa shape index (κ3) is 5.27. The predicted molar refractivity (Wildman–Crippen MR) is 118 cm³/mol. The van der Waals surface area contributed by atoms with Crippen molar-refractivity contribution in [3.63, 3.8) is 0 Å². The van der Waals surface area contributed by atoms with Crippen LogP contribution in [-0.2, 0) is 0 Å². The number of carbonyl (C=O) groups excluding carboxylic acids is 1. The molecule has 0 atom stereocenters. The van der Waals surface area contributed by atoms with E-state index in [2.05, 4.69) is 0 Å². The van der Waals surface area contributed by atoms with Crippen molar-refractivity contribution in [2.75, 3.05) is 7.11 Å². The number of ether oxygens (including phenoxy) is 2. The van der Waals surface area contributed by atoms with Gasteiger partial charge in [0.2, 0.25) is 0 Å². The van der Waals surface area contributed by atoms with Crippen molar-refractivity contribution in [1.29, 1.82) is 0 Å². The Kier molecular flexibility index (Phi) is 6.81. The van der Waals surface area contributed by atoms with Crippen LogP contribution in [0.2, 0.25) is 5.02 Å². The molecule has 162 valence electrons. The number of non-ortho nitro benzene ring substituents is 1. The Morgan fingerprint density at radius 1 is 0.938 bits per heavy atom. The number of nitrogens with zero attached hydrogens (tertiary/aromatic N) is 2. The number of esters is 1. The van der Waals surface area contributed by atoms with Gasteiger partial charge in [0.25, 0.3) is 11.4 Å². The Labute approximate surface area is 186 Å². The van der Waals surface area contributed by atoms with E-state index in [-0.39, 0.29) is 28.3 Å². The van der Waals surface area contributed by atoms with Gasteiger partial charge in [0.15, 0.2) is 11.5 Å². The Hall–Kier alpha value is -4.24. The summed E-state index contributed by atoms with van der Waals surface area (Å²) in [5.74, 6) is -0.174. The van der Waals surface area contributed by atoms with Gasteiger partial charge in [-0.05, 0) is 48.0 Å². The van der Waals surface area contributed by atoms with Crippen molar-refractivity contribution >= 4 is 41.1 Å². The lowest BCUT2D eigenvalue weighted by atomic mass is 10.1. The van der Waals surface area contributed by atoms with Crippen LogP contribution >= 0.6 is 11.6 Å². The Bertz CT molecular complexity index is 1240. The first-order chi connectivity index (χ1) is 15.3. The van der Waals surface area contributed by atoms with Gasteiger partial charge in [-0.3, -0.25) is 20.2 Å². The highest BCUT2D eigenvalue weighted by Crippen LogP contribution is 2.31. The molecule has 0 aromatic heterocycles. The highest BCUT2D eigenvalue weighted by atomic mass is 35.5. The van der Waals surface area contributed by atoms with Crippen LogP contribution in [0.3, 0.4) is 0 Å². The van der Waals surface area contributed by atoms with Gasteiger partial charge in [0.1, 0.15) is 0 Å². The van der Waals surface area contributed by atoms with Crippen molar-refractivity contribution in [3.8, 4) is 11.5 Å². The van der Waals surface area contributed by atoms with Crippen molar-refractivity contribution in [2.24, 2.45) is 0 Å². The van der Waals surface area contributed by atoms with Crippen LogP contribution in [0, 0.1) is 20.2 Å². The molecule has 0 aliphatic carbocycles. The first kappa shape index (κ1) is 22.4. The van der Waals surface area contributed by atoms with Gasteiger partial charge in [-0.15, -0.1) is 0 Å². The van der Waals surface area contributed by atoms with E-state index in [4.69, 9.17) is 21.1 Å². The summed E-state index contributed by atoms with van der Waals surface area (Å²) in [6.45, 7) is 0. The van der Waals surface area contributed by atoms with Crippen LogP contribution in [0.4, 0.5) is 11.4 Å². The highest BCUT2D eigenvalue weighted by Gasteiger charge is 2.18. The molecule has 0 saturated carbocycles. The SMILES string of the molecule is COc1cc(/C=C/c2ccc([N+](=O)[O-])cc2[N+](=O)[O-])ccc1OC(=O)c1cccc(Cl)c1.